The van der Waals surface area contributed by atoms with Gasteiger partial charge >= 0.3 is 5.97 Å². The number of carboxylic acid groups (broad SMARTS) is 1. The number of aromatic nitrogens is 1. The molecule has 1 aliphatic heterocycles. The maximum absolute atomic E-state index is 12.7. The van der Waals surface area contributed by atoms with E-state index in [2.05, 4.69) is 4.98 Å². The Kier molecular flexibility index (Phi) is 4.20. The van der Waals surface area contributed by atoms with E-state index in [0.29, 0.717) is 31.6 Å². The summed E-state index contributed by atoms with van der Waals surface area (Å²) in [6, 6.07) is 9.72. The number of rotatable bonds is 3. The van der Waals surface area contributed by atoms with Crippen LogP contribution in [0.1, 0.15) is 23.3 Å². The molecule has 22 heavy (non-hydrogen) atoms. The maximum Gasteiger partial charge on any atom is 0.306 e. The highest BCUT2D eigenvalue weighted by Crippen LogP contribution is 2.29. The summed E-state index contributed by atoms with van der Waals surface area (Å²) in [6.07, 6.45) is 1.01. The number of hydrogen-bond acceptors (Lipinski definition) is 4. The van der Waals surface area contributed by atoms with E-state index in [1.165, 1.54) is 11.3 Å². The predicted octanol–water partition coefficient (Wildman–Crippen LogP) is 2.75. The number of carbonyl (C=O) groups is 2. The quantitative estimate of drug-likeness (QED) is 0.945. The molecule has 2 aromatic rings. The summed E-state index contributed by atoms with van der Waals surface area (Å²) in [7, 11) is 0. The fourth-order valence-electron chi connectivity index (χ4n) is 2.67. The molecule has 0 bridgehead atoms. The third-order valence-electron chi connectivity index (χ3n) is 3.94. The first kappa shape index (κ1) is 14.7. The molecule has 1 aliphatic rings. The molecule has 1 saturated heterocycles. The summed E-state index contributed by atoms with van der Waals surface area (Å²) >= 11 is 1.45. The van der Waals surface area contributed by atoms with E-state index < -0.39 is 5.97 Å². The van der Waals surface area contributed by atoms with Gasteiger partial charge in [-0.3, -0.25) is 9.59 Å². The number of carbonyl (C=O) groups excluding carboxylic acids is 1. The first-order valence-corrected chi connectivity index (χ1v) is 8.06. The molecule has 0 saturated carbocycles. The monoisotopic (exact) mass is 316 g/mol. The van der Waals surface area contributed by atoms with Crippen molar-refractivity contribution in [1.82, 2.24) is 9.88 Å². The van der Waals surface area contributed by atoms with Gasteiger partial charge in [-0.05, 0) is 18.4 Å². The van der Waals surface area contributed by atoms with E-state index in [-0.39, 0.29) is 11.8 Å². The van der Waals surface area contributed by atoms with Gasteiger partial charge < -0.3 is 10.0 Å². The molecule has 0 aliphatic carbocycles. The van der Waals surface area contributed by atoms with Crippen LogP contribution in [0.15, 0.2) is 35.8 Å². The molecule has 0 atom stereocenters. The Morgan fingerprint density at radius 3 is 2.50 bits per heavy atom. The Bertz CT molecular complexity index is 676. The van der Waals surface area contributed by atoms with Crippen LogP contribution in [0, 0.1) is 5.92 Å². The van der Waals surface area contributed by atoms with Gasteiger partial charge in [-0.15, -0.1) is 11.3 Å². The molecular formula is C16H16N2O3S. The van der Waals surface area contributed by atoms with E-state index in [1.807, 2.05) is 30.3 Å². The number of aliphatic carboxylic acids is 1. The number of hydrogen-bond donors (Lipinski definition) is 1. The lowest BCUT2D eigenvalue weighted by Gasteiger charge is -2.29. The first-order valence-electron chi connectivity index (χ1n) is 7.18. The Labute approximate surface area is 132 Å². The Balaban J connectivity index is 1.77. The number of nitrogens with zero attached hydrogens (tertiary/aromatic N) is 2. The van der Waals surface area contributed by atoms with Crippen LogP contribution < -0.4 is 0 Å². The highest BCUT2D eigenvalue weighted by Gasteiger charge is 2.29. The topological polar surface area (TPSA) is 70.5 Å². The molecule has 1 N–H and O–H groups in total. The van der Waals surface area contributed by atoms with Crippen LogP contribution in [0.25, 0.3) is 10.4 Å². The summed E-state index contributed by atoms with van der Waals surface area (Å²) < 4.78 is 0. The minimum atomic E-state index is -0.772. The van der Waals surface area contributed by atoms with Crippen molar-refractivity contribution in [3.8, 4) is 10.4 Å². The number of thiazole rings is 1. The van der Waals surface area contributed by atoms with Crippen molar-refractivity contribution >= 4 is 23.2 Å². The van der Waals surface area contributed by atoms with Gasteiger partial charge in [0.25, 0.3) is 5.91 Å². The largest absolute Gasteiger partial charge is 0.481 e. The molecule has 1 fully saturated rings. The highest BCUT2D eigenvalue weighted by atomic mass is 32.1. The molecule has 1 amide bonds. The number of likely N-dealkylation sites (tertiary alicyclic amines) is 1. The molecule has 0 unspecified atom stereocenters. The fraction of sp³-hybridized carbons (Fsp3) is 0.312. The van der Waals surface area contributed by atoms with Gasteiger partial charge in [0.15, 0.2) is 0 Å². The Morgan fingerprint density at radius 1 is 1.18 bits per heavy atom. The second-order valence-corrected chi connectivity index (χ2v) is 6.16. The number of piperidine rings is 1. The van der Waals surface area contributed by atoms with Crippen molar-refractivity contribution in [2.45, 2.75) is 12.8 Å². The summed E-state index contributed by atoms with van der Waals surface area (Å²) in [5.41, 5.74) is 3.12. The lowest BCUT2D eigenvalue weighted by atomic mass is 9.97. The lowest BCUT2D eigenvalue weighted by Crippen LogP contribution is -2.40. The van der Waals surface area contributed by atoms with Crippen molar-refractivity contribution in [3.05, 3.63) is 41.5 Å². The average molecular weight is 316 g/mol. The summed E-state index contributed by atoms with van der Waals surface area (Å²) in [5, 5.41) is 9.03. The van der Waals surface area contributed by atoms with Gasteiger partial charge in [0.05, 0.1) is 16.3 Å². The highest BCUT2D eigenvalue weighted by molar-refractivity contribution is 7.13. The maximum atomic E-state index is 12.7. The third-order valence-corrected chi connectivity index (χ3v) is 4.81. The minimum absolute atomic E-state index is 0.107. The van der Waals surface area contributed by atoms with Crippen molar-refractivity contribution in [2.24, 2.45) is 5.92 Å². The van der Waals surface area contributed by atoms with E-state index >= 15 is 0 Å². The van der Waals surface area contributed by atoms with Gasteiger partial charge in [0.2, 0.25) is 0 Å². The number of amides is 1. The van der Waals surface area contributed by atoms with Gasteiger partial charge in [0.1, 0.15) is 5.69 Å². The zero-order chi connectivity index (χ0) is 15.5. The van der Waals surface area contributed by atoms with Crippen LogP contribution in [0.4, 0.5) is 0 Å². The predicted molar refractivity (Wildman–Crippen MR) is 83.8 cm³/mol. The molecular weight excluding hydrogens is 300 g/mol. The fourth-order valence-corrected chi connectivity index (χ4v) is 3.46. The number of benzene rings is 1. The van der Waals surface area contributed by atoms with E-state index in [1.54, 1.807) is 10.4 Å². The van der Waals surface area contributed by atoms with Crippen LogP contribution >= 0.6 is 11.3 Å². The second-order valence-electron chi connectivity index (χ2n) is 5.30. The smallest absolute Gasteiger partial charge is 0.306 e. The Hall–Kier alpha value is -2.21. The van der Waals surface area contributed by atoms with Gasteiger partial charge in [-0.2, -0.15) is 0 Å². The number of carboxylic acids is 1. The lowest BCUT2D eigenvalue weighted by molar-refractivity contribution is -0.143. The third kappa shape index (κ3) is 2.87. The average Bonchev–Trinajstić information content (AvgIpc) is 3.04. The molecule has 114 valence electrons. The van der Waals surface area contributed by atoms with Crippen molar-refractivity contribution < 1.29 is 14.7 Å². The molecule has 1 aromatic carbocycles. The molecule has 6 heteroatoms. The van der Waals surface area contributed by atoms with Crippen molar-refractivity contribution in [2.75, 3.05) is 13.1 Å². The van der Waals surface area contributed by atoms with Crippen LogP contribution in [-0.2, 0) is 4.79 Å². The van der Waals surface area contributed by atoms with Crippen LogP contribution in [0.2, 0.25) is 0 Å². The SMILES string of the molecule is O=C(O)C1CCN(C(=O)c2ncsc2-c2ccccc2)CC1. The standard InChI is InChI=1S/C16H16N2O3S/c19-15(18-8-6-12(7-9-18)16(20)21)13-14(22-10-17-13)11-4-2-1-3-5-11/h1-5,10,12H,6-9H2,(H,20,21). The Morgan fingerprint density at radius 2 is 1.86 bits per heavy atom. The molecule has 1 aromatic heterocycles. The van der Waals surface area contributed by atoms with Crippen molar-refractivity contribution in [1.29, 1.82) is 0 Å². The van der Waals surface area contributed by atoms with Gasteiger partial charge in [-0.25, -0.2) is 4.98 Å². The molecule has 5 nitrogen and oxygen atoms in total. The molecule has 3 rings (SSSR count). The molecule has 0 radical (unpaired) electrons. The zero-order valence-corrected chi connectivity index (χ0v) is 12.8. The van der Waals surface area contributed by atoms with E-state index in [9.17, 15) is 9.59 Å². The second kappa shape index (κ2) is 6.27. The van der Waals surface area contributed by atoms with Crippen LogP contribution in [0.3, 0.4) is 0 Å². The van der Waals surface area contributed by atoms with Crippen LogP contribution in [-0.4, -0.2) is 40.0 Å². The zero-order valence-electron chi connectivity index (χ0n) is 11.9. The van der Waals surface area contributed by atoms with E-state index in [0.717, 1.165) is 10.4 Å². The summed E-state index contributed by atoms with van der Waals surface area (Å²) in [4.78, 5) is 30.4. The van der Waals surface area contributed by atoms with Crippen molar-refractivity contribution in [3.63, 3.8) is 0 Å². The van der Waals surface area contributed by atoms with Crippen LogP contribution in [0.5, 0.6) is 0 Å². The molecule has 0 spiro atoms. The van der Waals surface area contributed by atoms with E-state index in [4.69, 9.17) is 5.11 Å². The summed E-state index contributed by atoms with van der Waals surface area (Å²) in [5.74, 6) is -1.22. The first-order chi connectivity index (χ1) is 10.7. The summed E-state index contributed by atoms with van der Waals surface area (Å²) in [6.45, 7) is 0.948. The molecule has 2 heterocycles. The van der Waals surface area contributed by atoms with Gasteiger partial charge in [0, 0.05) is 13.1 Å². The van der Waals surface area contributed by atoms with Gasteiger partial charge in [-0.1, -0.05) is 30.3 Å². The normalized spacial score (nSPS) is 15.7. The minimum Gasteiger partial charge on any atom is -0.481 e.